The minimum absolute atomic E-state index is 0.185. The predicted molar refractivity (Wildman–Crippen MR) is 76.8 cm³/mol. The fourth-order valence-corrected chi connectivity index (χ4v) is 2.79. The second-order valence-corrected chi connectivity index (χ2v) is 5.77. The standard InChI is InChI=1S/C14H13F3N2O2S/c15-14(16,17)10-5-8(11-7-22-13(18)19-11)1-2-12(10)21-9-3-4-20-6-9/h1-2,5,7,9H,3-4,6H2,(H2,18,19)/t9-/m1/s1. The van der Waals surface area contributed by atoms with E-state index in [4.69, 9.17) is 15.2 Å². The first-order valence-corrected chi connectivity index (χ1v) is 7.48. The Morgan fingerprint density at radius 2 is 2.18 bits per heavy atom. The maximum atomic E-state index is 13.3. The van der Waals surface area contributed by atoms with Crippen molar-refractivity contribution in [2.75, 3.05) is 18.9 Å². The van der Waals surface area contributed by atoms with E-state index in [2.05, 4.69) is 4.98 Å². The number of hydrogen-bond acceptors (Lipinski definition) is 5. The van der Waals surface area contributed by atoms with Crippen LogP contribution in [0, 0.1) is 0 Å². The van der Waals surface area contributed by atoms with E-state index in [1.54, 1.807) is 11.4 Å². The van der Waals surface area contributed by atoms with Crippen LogP contribution in [0.4, 0.5) is 18.3 Å². The van der Waals surface area contributed by atoms with E-state index in [0.29, 0.717) is 36.0 Å². The number of nitrogen functional groups attached to an aromatic ring is 1. The number of hydrogen-bond donors (Lipinski definition) is 1. The summed E-state index contributed by atoms with van der Waals surface area (Å²) in [7, 11) is 0. The average molecular weight is 330 g/mol. The van der Waals surface area contributed by atoms with E-state index < -0.39 is 11.7 Å². The molecule has 1 aromatic heterocycles. The van der Waals surface area contributed by atoms with E-state index in [1.807, 2.05) is 0 Å². The number of aromatic nitrogens is 1. The highest BCUT2D eigenvalue weighted by Gasteiger charge is 2.36. The highest BCUT2D eigenvalue weighted by atomic mass is 32.1. The summed E-state index contributed by atoms with van der Waals surface area (Å²) in [6.07, 6.45) is -4.27. The molecule has 8 heteroatoms. The summed E-state index contributed by atoms with van der Waals surface area (Å²) in [6.45, 7) is 0.809. The van der Waals surface area contributed by atoms with Crippen molar-refractivity contribution in [3.8, 4) is 17.0 Å². The quantitative estimate of drug-likeness (QED) is 0.934. The number of ether oxygens (including phenoxy) is 2. The number of thiazole rings is 1. The molecule has 1 fully saturated rings. The van der Waals surface area contributed by atoms with Crippen LogP contribution < -0.4 is 10.5 Å². The van der Waals surface area contributed by atoms with Crippen LogP contribution in [0.15, 0.2) is 23.6 Å². The number of nitrogens with zero attached hydrogens (tertiary/aromatic N) is 1. The van der Waals surface area contributed by atoms with Gasteiger partial charge in [0.2, 0.25) is 0 Å². The number of nitrogens with two attached hydrogens (primary N) is 1. The molecule has 22 heavy (non-hydrogen) atoms. The van der Waals surface area contributed by atoms with Gasteiger partial charge in [-0.2, -0.15) is 13.2 Å². The first-order valence-electron chi connectivity index (χ1n) is 6.60. The van der Waals surface area contributed by atoms with E-state index >= 15 is 0 Å². The molecule has 0 amide bonds. The molecular weight excluding hydrogens is 317 g/mol. The Bertz CT molecular complexity index is 666. The molecule has 0 spiro atoms. The lowest BCUT2D eigenvalue weighted by Gasteiger charge is -2.18. The first-order chi connectivity index (χ1) is 10.4. The van der Waals surface area contributed by atoms with Crippen LogP contribution in [-0.2, 0) is 10.9 Å². The summed E-state index contributed by atoms with van der Waals surface area (Å²) in [6, 6.07) is 3.92. The zero-order valence-corrected chi connectivity index (χ0v) is 12.2. The Morgan fingerprint density at radius 1 is 1.36 bits per heavy atom. The molecule has 1 aliphatic heterocycles. The lowest BCUT2D eigenvalue weighted by molar-refractivity contribution is -0.139. The third-order valence-corrected chi connectivity index (χ3v) is 3.96. The van der Waals surface area contributed by atoms with Crippen molar-refractivity contribution < 1.29 is 22.6 Å². The summed E-state index contributed by atoms with van der Waals surface area (Å²) < 4.78 is 50.4. The van der Waals surface area contributed by atoms with Crippen molar-refractivity contribution >= 4 is 16.5 Å². The van der Waals surface area contributed by atoms with Gasteiger partial charge in [0.05, 0.1) is 24.5 Å². The van der Waals surface area contributed by atoms with Gasteiger partial charge < -0.3 is 15.2 Å². The van der Waals surface area contributed by atoms with Gasteiger partial charge in [-0.3, -0.25) is 0 Å². The molecule has 0 aliphatic carbocycles. The van der Waals surface area contributed by atoms with Gasteiger partial charge in [0.25, 0.3) is 0 Å². The SMILES string of the molecule is Nc1nc(-c2ccc(O[C@@H]3CCOC3)c(C(F)(F)F)c2)cs1. The molecule has 1 saturated heterocycles. The molecule has 4 nitrogen and oxygen atoms in total. The maximum absolute atomic E-state index is 13.3. The Kier molecular flexibility index (Phi) is 3.96. The zero-order valence-electron chi connectivity index (χ0n) is 11.4. The molecule has 2 heterocycles. The second kappa shape index (κ2) is 5.77. The number of rotatable bonds is 3. The predicted octanol–water partition coefficient (Wildman–Crippen LogP) is 3.58. The number of anilines is 1. The highest BCUT2D eigenvalue weighted by molar-refractivity contribution is 7.13. The monoisotopic (exact) mass is 330 g/mol. The van der Waals surface area contributed by atoms with Crippen LogP contribution in [0.25, 0.3) is 11.3 Å². The number of benzene rings is 1. The fraction of sp³-hybridized carbons (Fsp3) is 0.357. The Labute approximate surface area is 128 Å². The third-order valence-electron chi connectivity index (χ3n) is 3.28. The summed E-state index contributed by atoms with van der Waals surface area (Å²) in [5.41, 5.74) is 5.49. The number of halogens is 3. The lowest BCUT2D eigenvalue weighted by Crippen LogP contribution is -2.18. The molecule has 0 radical (unpaired) electrons. The largest absolute Gasteiger partial charge is 0.487 e. The van der Waals surface area contributed by atoms with Crippen molar-refractivity contribution in [2.24, 2.45) is 0 Å². The Hall–Kier alpha value is -1.80. The molecule has 118 valence electrons. The van der Waals surface area contributed by atoms with Crippen LogP contribution in [-0.4, -0.2) is 24.3 Å². The van der Waals surface area contributed by atoms with Gasteiger partial charge in [0.1, 0.15) is 11.9 Å². The number of alkyl halides is 3. The molecule has 0 saturated carbocycles. The summed E-state index contributed by atoms with van der Waals surface area (Å²) in [5, 5.41) is 1.93. The van der Waals surface area contributed by atoms with E-state index in [1.165, 1.54) is 17.4 Å². The highest BCUT2D eigenvalue weighted by Crippen LogP contribution is 2.39. The van der Waals surface area contributed by atoms with Crippen LogP contribution in [0.1, 0.15) is 12.0 Å². The Morgan fingerprint density at radius 3 is 2.77 bits per heavy atom. The Balaban J connectivity index is 1.96. The van der Waals surface area contributed by atoms with Gasteiger partial charge >= 0.3 is 6.18 Å². The molecule has 1 atom stereocenters. The maximum Gasteiger partial charge on any atom is 0.419 e. The van der Waals surface area contributed by atoms with Gasteiger partial charge in [0.15, 0.2) is 5.13 Å². The average Bonchev–Trinajstić information content (AvgIpc) is 3.10. The molecule has 1 aromatic carbocycles. The fourth-order valence-electron chi connectivity index (χ4n) is 2.22. The van der Waals surface area contributed by atoms with E-state index in [9.17, 15) is 13.2 Å². The molecule has 2 aromatic rings. The van der Waals surface area contributed by atoms with Crippen molar-refractivity contribution in [1.29, 1.82) is 0 Å². The molecule has 0 unspecified atom stereocenters. The van der Waals surface area contributed by atoms with Gasteiger partial charge in [0, 0.05) is 17.4 Å². The van der Waals surface area contributed by atoms with Gasteiger partial charge in [-0.05, 0) is 18.2 Å². The van der Waals surface area contributed by atoms with Crippen LogP contribution in [0.2, 0.25) is 0 Å². The van der Waals surface area contributed by atoms with Gasteiger partial charge in [-0.1, -0.05) is 0 Å². The molecule has 0 bridgehead atoms. The summed E-state index contributed by atoms with van der Waals surface area (Å²) >= 11 is 1.18. The van der Waals surface area contributed by atoms with Crippen molar-refractivity contribution in [3.05, 3.63) is 29.1 Å². The smallest absolute Gasteiger partial charge is 0.419 e. The second-order valence-electron chi connectivity index (χ2n) is 4.88. The molecule has 3 rings (SSSR count). The van der Waals surface area contributed by atoms with Crippen LogP contribution >= 0.6 is 11.3 Å². The third kappa shape index (κ3) is 3.17. The summed E-state index contributed by atoms with van der Waals surface area (Å²) in [4.78, 5) is 4.01. The minimum Gasteiger partial charge on any atom is -0.487 e. The molecule has 1 aliphatic rings. The summed E-state index contributed by atoms with van der Waals surface area (Å²) in [5.74, 6) is -0.185. The van der Waals surface area contributed by atoms with Gasteiger partial charge in [-0.15, -0.1) is 11.3 Å². The zero-order chi connectivity index (χ0) is 15.7. The first kappa shape index (κ1) is 15.1. The van der Waals surface area contributed by atoms with Crippen LogP contribution in [0.5, 0.6) is 5.75 Å². The van der Waals surface area contributed by atoms with Gasteiger partial charge in [-0.25, -0.2) is 4.98 Å². The molecule has 2 N–H and O–H groups in total. The van der Waals surface area contributed by atoms with E-state index in [0.717, 1.165) is 6.07 Å². The normalized spacial score (nSPS) is 18.6. The van der Waals surface area contributed by atoms with Crippen molar-refractivity contribution in [2.45, 2.75) is 18.7 Å². The topological polar surface area (TPSA) is 57.4 Å². The van der Waals surface area contributed by atoms with E-state index in [-0.39, 0.29) is 11.9 Å². The molecular formula is C14H13F3N2O2S. The van der Waals surface area contributed by atoms with Crippen molar-refractivity contribution in [3.63, 3.8) is 0 Å². The van der Waals surface area contributed by atoms with Crippen LogP contribution in [0.3, 0.4) is 0 Å². The van der Waals surface area contributed by atoms with Crippen molar-refractivity contribution in [1.82, 2.24) is 4.98 Å². The lowest BCUT2D eigenvalue weighted by atomic mass is 10.1. The minimum atomic E-state index is -4.51.